The average molecular weight is 213 g/mol. The van der Waals surface area contributed by atoms with E-state index < -0.39 is 0 Å². The molecule has 1 saturated carbocycles. The van der Waals surface area contributed by atoms with Gasteiger partial charge in [-0.3, -0.25) is 0 Å². The van der Waals surface area contributed by atoms with E-state index in [0.29, 0.717) is 6.10 Å². The Hall–Kier alpha value is -0.120. The molecule has 0 aromatic rings. The zero-order chi connectivity index (χ0) is 10.9. The molecule has 0 radical (unpaired) electrons. The summed E-state index contributed by atoms with van der Waals surface area (Å²) in [5.41, 5.74) is 0.0644. The van der Waals surface area contributed by atoms with Crippen LogP contribution in [0.25, 0.3) is 0 Å². The summed E-state index contributed by atoms with van der Waals surface area (Å²) < 4.78 is 11.7. The van der Waals surface area contributed by atoms with Crippen LogP contribution in [0, 0.1) is 0 Å². The molecule has 3 heteroatoms. The van der Waals surface area contributed by atoms with Gasteiger partial charge < -0.3 is 14.8 Å². The predicted molar refractivity (Wildman–Crippen MR) is 60.0 cm³/mol. The molecule has 2 rings (SSSR count). The lowest BCUT2D eigenvalue weighted by Crippen LogP contribution is -2.59. The van der Waals surface area contributed by atoms with Gasteiger partial charge in [-0.15, -0.1) is 0 Å². The average Bonchev–Trinajstić information content (AvgIpc) is 2.17. The van der Waals surface area contributed by atoms with Crippen LogP contribution in [-0.2, 0) is 9.47 Å². The first-order valence-corrected chi connectivity index (χ1v) is 5.99. The first-order chi connectivity index (χ1) is 7.05. The standard InChI is InChI=1S/C12H23NO2/c1-11(2)8-13-9-12(15-11)6-4-10(14-3)5-7-12/h10,13H,4-9H2,1-3H3. The Morgan fingerprint density at radius 1 is 1.20 bits per heavy atom. The molecule has 1 aliphatic carbocycles. The fourth-order valence-electron chi connectivity index (χ4n) is 2.88. The molecule has 0 unspecified atom stereocenters. The zero-order valence-corrected chi connectivity index (χ0v) is 10.1. The molecule has 2 aliphatic rings. The summed E-state index contributed by atoms with van der Waals surface area (Å²) in [4.78, 5) is 0. The summed E-state index contributed by atoms with van der Waals surface area (Å²) in [6.07, 6.45) is 4.97. The lowest BCUT2D eigenvalue weighted by Gasteiger charge is -2.48. The molecular formula is C12H23NO2. The van der Waals surface area contributed by atoms with E-state index in [-0.39, 0.29) is 11.2 Å². The van der Waals surface area contributed by atoms with Gasteiger partial charge in [0.2, 0.25) is 0 Å². The lowest BCUT2D eigenvalue weighted by molar-refractivity contribution is -0.184. The highest BCUT2D eigenvalue weighted by atomic mass is 16.5. The van der Waals surface area contributed by atoms with Gasteiger partial charge in [-0.05, 0) is 39.5 Å². The van der Waals surface area contributed by atoms with E-state index in [0.717, 1.165) is 38.8 Å². The highest BCUT2D eigenvalue weighted by molar-refractivity contribution is 4.96. The van der Waals surface area contributed by atoms with Crippen LogP contribution in [0.1, 0.15) is 39.5 Å². The predicted octanol–water partition coefficient (Wildman–Crippen LogP) is 1.71. The first kappa shape index (κ1) is 11.4. The van der Waals surface area contributed by atoms with Crippen molar-refractivity contribution in [1.82, 2.24) is 5.32 Å². The maximum Gasteiger partial charge on any atom is 0.0816 e. The summed E-state index contributed by atoms with van der Waals surface area (Å²) in [6, 6.07) is 0. The number of ether oxygens (including phenoxy) is 2. The van der Waals surface area contributed by atoms with E-state index in [4.69, 9.17) is 9.47 Å². The van der Waals surface area contributed by atoms with E-state index in [1.165, 1.54) is 0 Å². The van der Waals surface area contributed by atoms with E-state index in [1.54, 1.807) is 0 Å². The van der Waals surface area contributed by atoms with Crippen LogP contribution in [0.5, 0.6) is 0 Å². The minimum Gasteiger partial charge on any atom is -0.381 e. The molecule has 0 aromatic heterocycles. The second-order valence-electron chi connectivity index (χ2n) is 5.58. The van der Waals surface area contributed by atoms with Crippen LogP contribution >= 0.6 is 0 Å². The molecule has 88 valence electrons. The molecule has 0 atom stereocenters. The van der Waals surface area contributed by atoms with Crippen molar-refractivity contribution in [3.05, 3.63) is 0 Å². The molecule has 0 aromatic carbocycles. The van der Waals surface area contributed by atoms with Crippen molar-refractivity contribution in [2.75, 3.05) is 20.2 Å². The van der Waals surface area contributed by atoms with Crippen molar-refractivity contribution in [3.8, 4) is 0 Å². The van der Waals surface area contributed by atoms with Crippen LogP contribution in [0.2, 0.25) is 0 Å². The summed E-state index contributed by atoms with van der Waals surface area (Å²) in [5, 5.41) is 3.50. The zero-order valence-electron chi connectivity index (χ0n) is 10.1. The maximum absolute atomic E-state index is 6.28. The van der Waals surface area contributed by atoms with Crippen molar-refractivity contribution in [1.29, 1.82) is 0 Å². The van der Waals surface area contributed by atoms with Crippen molar-refractivity contribution < 1.29 is 9.47 Å². The van der Waals surface area contributed by atoms with Crippen molar-refractivity contribution in [3.63, 3.8) is 0 Å². The summed E-state index contributed by atoms with van der Waals surface area (Å²) in [7, 11) is 1.81. The molecule has 1 aliphatic heterocycles. The van der Waals surface area contributed by atoms with Crippen LogP contribution in [0.4, 0.5) is 0 Å². The Kier molecular flexibility index (Phi) is 3.06. The van der Waals surface area contributed by atoms with Crippen molar-refractivity contribution in [2.24, 2.45) is 0 Å². The Labute approximate surface area is 92.5 Å². The van der Waals surface area contributed by atoms with Gasteiger partial charge in [0.25, 0.3) is 0 Å². The number of methoxy groups -OCH3 is 1. The molecule has 1 saturated heterocycles. The SMILES string of the molecule is COC1CCC2(CC1)CNCC(C)(C)O2. The highest BCUT2D eigenvalue weighted by Gasteiger charge is 2.43. The van der Waals surface area contributed by atoms with Crippen LogP contribution in [0.3, 0.4) is 0 Å². The minimum absolute atomic E-state index is 0.0157. The van der Waals surface area contributed by atoms with Gasteiger partial charge in [-0.2, -0.15) is 0 Å². The Morgan fingerprint density at radius 2 is 1.87 bits per heavy atom. The third-order valence-electron chi connectivity index (χ3n) is 3.67. The van der Waals surface area contributed by atoms with Gasteiger partial charge in [0, 0.05) is 20.2 Å². The van der Waals surface area contributed by atoms with E-state index in [1.807, 2.05) is 7.11 Å². The largest absolute Gasteiger partial charge is 0.381 e. The van der Waals surface area contributed by atoms with Gasteiger partial charge >= 0.3 is 0 Å². The van der Waals surface area contributed by atoms with Gasteiger partial charge in [0.05, 0.1) is 17.3 Å². The summed E-state index contributed by atoms with van der Waals surface area (Å²) >= 11 is 0. The third-order valence-corrected chi connectivity index (χ3v) is 3.67. The molecule has 2 fully saturated rings. The number of hydrogen-bond donors (Lipinski definition) is 1. The molecule has 1 spiro atoms. The van der Waals surface area contributed by atoms with Gasteiger partial charge in [-0.25, -0.2) is 0 Å². The second kappa shape index (κ2) is 4.04. The van der Waals surface area contributed by atoms with E-state index in [9.17, 15) is 0 Å². The molecule has 0 amide bonds. The molecule has 15 heavy (non-hydrogen) atoms. The molecule has 3 nitrogen and oxygen atoms in total. The molecule has 1 heterocycles. The third kappa shape index (κ3) is 2.52. The first-order valence-electron chi connectivity index (χ1n) is 5.99. The highest BCUT2D eigenvalue weighted by Crippen LogP contribution is 2.37. The normalized spacial score (nSPS) is 40.6. The van der Waals surface area contributed by atoms with Gasteiger partial charge in [0.15, 0.2) is 0 Å². The maximum atomic E-state index is 6.28. The number of hydrogen-bond acceptors (Lipinski definition) is 3. The van der Waals surface area contributed by atoms with E-state index >= 15 is 0 Å². The lowest BCUT2D eigenvalue weighted by atomic mass is 9.81. The quantitative estimate of drug-likeness (QED) is 0.719. The van der Waals surface area contributed by atoms with Gasteiger partial charge in [0.1, 0.15) is 0 Å². The summed E-state index contributed by atoms with van der Waals surface area (Å²) in [5.74, 6) is 0. The van der Waals surface area contributed by atoms with Crippen LogP contribution < -0.4 is 5.32 Å². The second-order valence-corrected chi connectivity index (χ2v) is 5.58. The topological polar surface area (TPSA) is 30.5 Å². The minimum atomic E-state index is -0.0157. The number of rotatable bonds is 1. The van der Waals surface area contributed by atoms with Crippen molar-refractivity contribution in [2.45, 2.75) is 56.8 Å². The monoisotopic (exact) mass is 213 g/mol. The Balaban J connectivity index is 1.97. The fraction of sp³-hybridized carbons (Fsp3) is 1.00. The fourth-order valence-corrected chi connectivity index (χ4v) is 2.88. The van der Waals surface area contributed by atoms with Crippen LogP contribution in [0.15, 0.2) is 0 Å². The summed E-state index contributed by atoms with van der Waals surface area (Å²) in [6.45, 7) is 6.31. The Morgan fingerprint density at radius 3 is 2.40 bits per heavy atom. The Bertz CT molecular complexity index is 220. The van der Waals surface area contributed by atoms with Crippen LogP contribution in [-0.4, -0.2) is 37.5 Å². The smallest absolute Gasteiger partial charge is 0.0816 e. The molecule has 0 bridgehead atoms. The van der Waals surface area contributed by atoms with Gasteiger partial charge in [-0.1, -0.05) is 0 Å². The number of morpholine rings is 1. The molecule has 1 N–H and O–H groups in total. The number of nitrogens with one attached hydrogen (secondary N) is 1. The van der Waals surface area contributed by atoms with Crippen molar-refractivity contribution >= 4 is 0 Å². The van der Waals surface area contributed by atoms with E-state index in [2.05, 4.69) is 19.2 Å². The molecular weight excluding hydrogens is 190 g/mol.